The van der Waals surface area contributed by atoms with Crippen LogP contribution in [0.4, 0.5) is 0 Å². The third-order valence-corrected chi connectivity index (χ3v) is 2.60. The summed E-state index contributed by atoms with van der Waals surface area (Å²) in [6, 6.07) is 3.67. The molecule has 3 heteroatoms. The molecule has 1 aromatic heterocycles. The van der Waals surface area contributed by atoms with Crippen molar-refractivity contribution in [2.24, 2.45) is 0 Å². The van der Waals surface area contributed by atoms with E-state index in [1.807, 2.05) is 11.4 Å². The fourth-order valence-corrected chi connectivity index (χ4v) is 1.79. The Labute approximate surface area is 71.4 Å². The van der Waals surface area contributed by atoms with Crippen LogP contribution in [0.3, 0.4) is 0 Å². The molecule has 0 amide bonds. The largest absolute Gasteiger partial charge is 0.183 e. The Morgan fingerprint density at radius 3 is 2.90 bits per heavy atom. The maximum Gasteiger partial charge on any atom is 0.152 e. The number of hydrogen-bond acceptors (Lipinski definition) is 2. The van der Waals surface area contributed by atoms with Crippen molar-refractivity contribution in [3.8, 4) is 17.9 Å². The summed E-state index contributed by atoms with van der Waals surface area (Å²) < 4.78 is 0.959. The van der Waals surface area contributed by atoms with E-state index in [0.29, 0.717) is 0 Å². The van der Waals surface area contributed by atoms with Gasteiger partial charge in [0.05, 0.1) is 4.88 Å². The SMILES string of the molecule is N#CC#Cc1sccc1Br. The number of nitriles is 1. The number of hydrogen-bond donors (Lipinski definition) is 0. The van der Waals surface area contributed by atoms with Crippen molar-refractivity contribution in [1.29, 1.82) is 5.26 Å². The average Bonchev–Trinajstić information content (AvgIpc) is 2.31. The van der Waals surface area contributed by atoms with Gasteiger partial charge in [-0.1, -0.05) is 0 Å². The summed E-state index contributed by atoms with van der Waals surface area (Å²) in [7, 11) is 0. The van der Waals surface area contributed by atoms with Gasteiger partial charge in [0.15, 0.2) is 6.07 Å². The topological polar surface area (TPSA) is 23.8 Å². The van der Waals surface area contributed by atoms with E-state index in [-0.39, 0.29) is 0 Å². The molecule has 1 nitrogen and oxygen atoms in total. The zero-order valence-electron chi connectivity index (χ0n) is 4.89. The lowest BCUT2D eigenvalue weighted by molar-refractivity contribution is 1.55. The highest BCUT2D eigenvalue weighted by atomic mass is 79.9. The highest BCUT2D eigenvalue weighted by Gasteiger charge is 1.94. The first kappa shape index (κ1) is 7.34. The quantitative estimate of drug-likeness (QED) is 0.605. The molecule has 0 aliphatic carbocycles. The van der Waals surface area contributed by atoms with Gasteiger partial charge in [0.1, 0.15) is 0 Å². The van der Waals surface area contributed by atoms with E-state index < -0.39 is 0 Å². The number of rotatable bonds is 0. The van der Waals surface area contributed by atoms with Gasteiger partial charge in [-0.25, -0.2) is 0 Å². The number of halogens is 1. The van der Waals surface area contributed by atoms with Gasteiger partial charge in [-0.15, -0.1) is 11.3 Å². The van der Waals surface area contributed by atoms with Crippen LogP contribution in [0, 0.1) is 23.2 Å². The summed E-state index contributed by atoms with van der Waals surface area (Å²) >= 11 is 4.81. The lowest BCUT2D eigenvalue weighted by Gasteiger charge is -1.78. The number of thiophene rings is 1. The van der Waals surface area contributed by atoms with Crippen LogP contribution in [0.1, 0.15) is 4.88 Å². The third kappa shape index (κ3) is 1.60. The second-order valence-electron chi connectivity index (χ2n) is 1.46. The summed E-state index contributed by atoms with van der Waals surface area (Å²) in [6.07, 6.45) is 0. The van der Waals surface area contributed by atoms with Gasteiger partial charge >= 0.3 is 0 Å². The minimum atomic E-state index is 0.904. The molecule has 0 bridgehead atoms. The molecule has 0 spiro atoms. The molecule has 0 atom stereocenters. The normalized spacial score (nSPS) is 7.60. The second-order valence-corrected chi connectivity index (χ2v) is 3.23. The summed E-state index contributed by atoms with van der Waals surface area (Å²) in [5.41, 5.74) is 0. The third-order valence-electron chi connectivity index (χ3n) is 0.849. The average molecular weight is 212 g/mol. The fraction of sp³-hybridized carbons (Fsp3) is 0. The van der Waals surface area contributed by atoms with Crippen LogP contribution >= 0.6 is 27.3 Å². The molecule has 0 saturated carbocycles. The lowest BCUT2D eigenvalue weighted by Crippen LogP contribution is -1.61. The minimum Gasteiger partial charge on any atom is -0.183 e. The van der Waals surface area contributed by atoms with Gasteiger partial charge < -0.3 is 0 Å². The van der Waals surface area contributed by atoms with Gasteiger partial charge in [-0.2, -0.15) is 5.26 Å². The van der Waals surface area contributed by atoms with Crippen molar-refractivity contribution in [1.82, 2.24) is 0 Å². The van der Waals surface area contributed by atoms with Gasteiger partial charge in [0, 0.05) is 10.4 Å². The van der Waals surface area contributed by atoms with Crippen LogP contribution in [0.5, 0.6) is 0 Å². The first-order chi connectivity index (χ1) is 4.84. The minimum absolute atomic E-state index is 0.904. The molecule has 0 N–H and O–H groups in total. The van der Waals surface area contributed by atoms with E-state index in [1.165, 1.54) is 11.3 Å². The molecular formula is C7H2BrNS. The van der Waals surface area contributed by atoms with Crippen LogP contribution in [0.25, 0.3) is 0 Å². The Morgan fingerprint density at radius 2 is 2.40 bits per heavy atom. The Kier molecular flexibility index (Phi) is 2.50. The zero-order valence-corrected chi connectivity index (χ0v) is 7.29. The molecule has 48 valence electrons. The standard InChI is InChI=1S/C7H2BrNS/c8-6-3-5-10-7(6)2-1-4-9/h3,5H. The monoisotopic (exact) mass is 211 g/mol. The predicted molar refractivity (Wildman–Crippen MR) is 44.5 cm³/mol. The van der Waals surface area contributed by atoms with Gasteiger partial charge in [0.25, 0.3) is 0 Å². The lowest BCUT2D eigenvalue weighted by atomic mass is 10.5. The molecule has 0 radical (unpaired) electrons. The van der Waals surface area contributed by atoms with Crippen LogP contribution < -0.4 is 0 Å². The van der Waals surface area contributed by atoms with Crippen molar-refractivity contribution in [3.63, 3.8) is 0 Å². The van der Waals surface area contributed by atoms with Crippen molar-refractivity contribution in [2.45, 2.75) is 0 Å². The smallest absolute Gasteiger partial charge is 0.152 e. The van der Waals surface area contributed by atoms with Crippen LogP contribution in [-0.4, -0.2) is 0 Å². The molecular weight excluding hydrogens is 210 g/mol. The summed E-state index contributed by atoms with van der Waals surface area (Å²) in [5, 5.41) is 10.0. The molecule has 0 aromatic carbocycles. The summed E-state index contributed by atoms with van der Waals surface area (Å²) in [5.74, 6) is 5.03. The Bertz CT molecular complexity index is 323. The molecule has 1 aromatic rings. The zero-order chi connectivity index (χ0) is 7.40. The molecule has 0 fully saturated rings. The van der Waals surface area contributed by atoms with Crippen molar-refractivity contribution < 1.29 is 0 Å². The van der Waals surface area contributed by atoms with Crippen LogP contribution in [0.2, 0.25) is 0 Å². The van der Waals surface area contributed by atoms with E-state index in [0.717, 1.165) is 9.35 Å². The number of nitrogens with zero attached hydrogens (tertiary/aromatic N) is 1. The van der Waals surface area contributed by atoms with Crippen molar-refractivity contribution in [3.05, 3.63) is 20.8 Å². The van der Waals surface area contributed by atoms with E-state index in [2.05, 4.69) is 27.8 Å². The van der Waals surface area contributed by atoms with Crippen LogP contribution in [-0.2, 0) is 0 Å². The first-order valence-corrected chi connectivity index (χ1v) is 4.15. The van der Waals surface area contributed by atoms with Crippen molar-refractivity contribution >= 4 is 27.3 Å². The molecule has 1 rings (SSSR count). The maximum atomic E-state index is 8.12. The molecule has 0 aliphatic rings. The highest BCUT2D eigenvalue weighted by Crippen LogP contribution is 2.20. The Balaban J connectivity index is 2.97. The van der Waals surface area contributed by atoms with E-state index in [9.17, 15) is 0 Å². The Morgan fingerprint density at radius 1 is 1.60 bits per heavy atom. The van der Waals surface area contributed by atoms with E-state index >= 15 is 0 Å². The van der Waals surface area contributed by atoms with Crippen molar-refractivity contribution in [2.75, 3.05) is 0 Å². The molecule has 0 saturated heterocycles. The van der Waals surface area contributed by atoms with E-state index in [1.54, 1.807) is 6.07 Å². The van der Waals surface area contributed by atoms with Crippen LogP contribution in [0.15, 0.2) is 15.9 Å². The maximum absolute atomic E-state index is 8.12. The van der Waals surface area contributed by atoms with Gasteiger partial charge in [-0.3, -0.25) is 0 Å². The molecule has 10 heavy (non-hydrogen) atoms. The Hall–Kier alpha value is -0.770. The molecule has 1 heterocycles. The summed E-state index contributed by atoms with van der Waals surface area (Å²) in [6.45, 7) is 0. The first-order valence-electron chi connectivity index (χ1n) is 2.47. The fourth-order valence-electron chi connectivity index (χ4n) is 0.468. The van der Waals surface area contributed by atoms with Gasteiger partial charge in [0.2, 0.25) is 0 Å². The highest BCUT2D eigenvalue weighted by molar-refractivity contribution is 9.10. The second kappa shape index (κ2) is 3.41. The summed E-state index contributed by atoms with van der Waals surface area (Å²) in [4.78, 5) is 0.904. The molecule has 0 unspecified atom stereocenters. The molecule has 0 aliphatic heterocycles. The predicted octanol–water partition coefficient (Wildman–Crippen LogP) is 2.39. The van der Waals surface area contributed by atoms with E-state index in [4.69, 9.17) is 5.26 Å². The van der Waals surface area contributed by atoms with Gasteiger partial charge in [-0.05, 0) is 33.3 Å².